The smallest absolute Gasteiger partial charge is 0.258 e. The molecule has 1 heterocycles. The molecule has 0 bridgehead atoms. The van der Waals surface area contributed by atoms with Gasteiger partial charge in [-0.2, -0.15) is 0 Å². The van der Waals surface area contributed by atoms with Gasteiger partial charge in [0.25, 0.3) is 5.91 Å². The number of likely N-dealkylation sites (N-methyl/N-ethyl adjacent to an activating group) is 1. The molecule has 0 spiro atoms. The monoisotopic (exact) mass is 446 g/mol. The Labute approximate surface area is 196 Å². The van der Waals surface area contributed by atoms with Crippen molar-refractivity contribution in [1.82, 2.24) is 15.1 Å². The van der Waals surface area contributed by atoms with E-state index in [0.717, 1.165) is 37.0 Å². The summed E-state index contributed by atoms with van der Waals surface area (Å²) < 4.78 is 5.78. The van der Waals surface area contributed by atoms with E-state index in [1.165, 1.54) is 11.3 Å². The van der Waals surface area contributed by atoms with Crippen molar-refractivity contribution >= 4 is 22.4 Å². The average molecular weight is 447 g/mol. The van der Waals surface area contributed by atoms with Crippen LogP contribution in [-0.2, 0) is 4.79 Å². The minimum Gasteiger partial charge on any atom is -0.484 e. The number of ether oxygens (including phenoxy) is 1. The van der Waals surface area contributed by atoms with Crippen LogP contribution in [0, 0.1) is 0 Å². The third-order valence-electron chi connectivity index (χ3n) is 6.36. The highest BCUT2D eigenvalue weighted by molar-refractivity contribution is 5.84. The highest BCUT2D eigenvalue weighted by Gasteiger charge is 2.24. The molecule has 0 aliphatic carbocycles. The van der Waals surface area contributed by atoms with Crippen molar-refractivity contribution in [3.05, 3.63) is 72.3 Å². The number of amides is 1. The lowest BCUT2D eigenvalue weighted by Crippen LogP contribution is -2.48. The van der Waals surface area contributed by atoms with Crippen LogP contribution in [-0.4, -0.2) is 76.2 Å². The van der Waals surface area contributed by atoms with Crippen LogP contribution in [0.3, 0.4) is 0 Å². The highest BCUT2D eigenvalue weighted by atomic mass is 16.5. The van der Waals surface area contributed by atoms with Gasteiger partial charge in [0.15, 0.2) is 6.61 Å². The van der Waals surface area contributed by atoms with Gasteiger partial charge in [-0.3, -0.25) is 9.69 Å². The second-order valence-electron chi connectivity index (χ2n) is 8.94. The van der Waals surface area contributed by atoms with Crippen molar-refractivity contribution in [2.24, 2.45) is 0 Å². The molecule has 1 aliphatic rings. The maximum Gasteiger partial charge on any atom is 0.258 e. The molecule has 3 aromatic carbocycles. The van der Waals surface area contributed by atoms with Gasteiger partial charge in [-0.25, -0.2) is 0 Å². The zero-order valence-electron chi connectivity index (χ0n) is 19.8. The largest absolute Gasteiger partial charge is 0.484 e. The summed E-state index contributed by atoms with van der Waals surface area (Å²) in [6, 6.07) is 22.8. The normalized spacial score (nSPS) is 15.8. The quantitative estimate of drug-likeness (QED) is 0.575. The predicted molar refractivity (Wildman–Crippen MR) is 135 cm³/mol. The zero-order chi connectivity index (χ0) is 23.2. The van der Waals surface area contributed by atoms with Gasteiger partial charge in [-0.05, 0) is 47.6 Å². The van der Waals surface area contributed by atoms with Crippen LogP contribution < -0.4 is 15.0 Å². The van der Waals surface area contributed by atoms with E-state index in [2.05, 4.69) is 57.4 Å². The van der Waals surface area contributed by atoms with Crippen LogP contribution in [0.25, 0.3) is 10.8 Å². The average Bonchev–Trinajstić information content (AvgIpc) is 2.84. The number of carbonyl (C=O) groups is 1. The number of nitrogens with one attached hydrogen (secondary N) is 1. The second-order valence-corrected chi connectivity index (χ2v) is 8.94. The summed E-state index contributed by atoms with van der Waals surface area (Å²) in [6.45, 7) is 4.61. The van der Waals surface area contributed by atoms with Crippen molar-refractivity contribution in [2.45, 2.75) is 6.04 Å². The molecule has 0 unspecified atom stereocenters. The number of piperazine rings is 1. The predicted octanol–water partition coefficient (Wildman–Crippen LogP) is 3.39. The number of hydrogen-bond donors (Lipinski definition) is 1. The van der Waals surface area contributed by atoms with E-state index < -0.39 is 0 Å². The van der Waals surface area contributed by atoms with E-state index >= 15 is 0 Å². The van der Waals surface area contributed by atoms with Gasteiger partial charge < -0.3 is 19.9 Å². The first-order valence-corrected chi connectivity index (χ1v) is 11.6. The summed E-state index contributed by atoms with van der Waals surface area (Å²) in [4.78, 5) is 19.5. The van der Waals surface area contributed by atoms with E-state index in [4.69, 9.17) is 4.74 Å². The number of rotatable bonds is 8. The van der Waals surface area contributed by atoms with Crippen molar-refractivity contribution in [3.63, 3.8) is 0 Å². The number of fused-ring (bicyclic) bond motifs is 1. The van der Waals surface area contributed by atoms with E-state index in [9.17, 15) is 4.79 Å². The molecule has 1 amide bonds. The Morgan fingerprint density at radius 1 is 0.970 bits per heavy atom. The number of anilines is 1. The molecule has 4 rings (SSSR count). The number of hydrogen-bond acceptors (Lipinski definition) is 5. The van der Waals surface area contributed by atoms with E-state index in [0.29, 0.717) is 12.3 Å². The van der Waals surface area contributed by atoms with E-state index in [-0.39, 0.29) is 18.6 Å². The summed E-state index contributed by atoms with van der Waals surface area (Å²) in [7, 11) is 6.25. The van der Waals surface area contributed by atoms with Crippen molar-refractivity contribution in [1.29, 1.82) is 0 Å². The molecule has 1 aliphatic heterocycles. The van der Waals surface area contributed by atoms with Gasteiger partial charge in [-0.15, -0.1) is 0 Å². The maximum absolute atomic E-state index is 12.6. The van der Waals surface area contributed by atoms with Crippen molar-refractivity contribution in [3.8, 4) is 5.75 Å². The first kappa shape index (κ1) is 23.1. The minimum atomic E-state index is -0.104. The molecule has 1 N–H and O–H groups in total. The molecule has 0 aromatic heterocycles. The van der Waals surface area contributed by atoms with Crippen LogP contribution in [0.5, 0.6) is 5.75 Å². The zero-order valence-corrected chi connectivity index (χ0v) is 19.8. The molecule has 1 saturated heterocycles. The van der Waals surface area contributed by atoms with E-state index in [1.54, 1.807) is 0 Å². The molecule has 6 nitrogen and oxygen atoms in total. The lowest BCUT2D eigenvalue weighted by molar-refractivity contribution is -0.123. The van der Waals surface area contributed by atoms with Gasteiger partial charge >= 0.3 is 0 Å². The van der Waals surface area contributed by atoms with Gasteiger partial charge in [0, 0.05) is 52.5 Å². The molecular weight excluding hydrogens is 412 g/mol. The lowest BCUT2D eigenvalue weighted by atomic mass is 10.0. The maximum atomic E-state index is 12.6. The fraction of sp³-hybridized carbons (Fsp3) is 0.370. The molecule has 174 valence electrons. The van der Waals surface area contributed by atoms with Crippen LogP contribution in [0.1, 0.15) is 11.6 Å². The fourth-order valence-corrected chi connectivity index (χ4v) is 4.25. The molecule has 1 atom stereocenters. The summed E-state index contributed by atoms with van der Waals surface area (Å²) >= 11 is 0. The molecule has 3 aromatic rings. The van der Waals surface area contributed by atoms with Gasteiger partial charge in [0.05, 0.1) is 6.04 Å². The Kier molecular flexibility index (Phi) is 7.47. The Balaban J connectivity index is 1.38. The van der Waals surface area contributed by atoms with Gasteiger partial charge in [-0.1, -0.05) is 42.5 Å². The van der Waals surface area contributed by atoms with Crippen LogP contribution in [0.15, 0.2) is 66.7 Å². The van der Waals surface area contributed by atoms with Gasteiger partial charge in [0.1, 0.15) is 5.75 Å². The summed E-state index contributed by atoms with van der Waals surface area (Å²) in [5, 5.41) is 5.37. The number of carbonyl (C=O) groups excluding carboxylic acids is 1. The Bertz CT molecular complexity index is 1060. The second kappa shape index (κ2) is 10.7. The van der Waals surface area contributed by atoms with Crippen molar-refractivity contribution in [2.75, 3.05) is 65.4 Å². The lowest BCUT2D eigenvalue weighted by Gasteiger charge is -2.38. The van der Waals surface area contributed by atoms with Crippen LogP contribution >= 0.6 is 0 Å². The molecule has 1 fully saturated rings. The summed E-state index contributed by atoms with van der Waals surface area (Å²) in [5.41, 5.74) is 2.39. The molecular formula is C27H34N4O2. The first-order valence-electron chi connectivity index (χ1n) is 11.6. The van der Waals surface area contributed by atoms with Crippen LogP contribution in [0.4, 0.5) is 5.69 Å². The van der Waals surface area contributed by atoms with Crippen molar-refractivity contribution < 1.29 is 9.53 Å². The summed E-state index contributed by atoms with van der Waals surface area (Å²) in [5.74, 6) is 0.603. The molecule has 0 saturated carbocycles. The Morgan fingerprint density at radius 2 is 1.67 bits per heavy atom. The molecule has 6 heteroatoms. The fourth-order valence-electron chi connectivity index (χ4n) is 4.25. The number of nitrogens with zero attached hydrogens (tertiary/aromatic N) is 3. The SMILES string of the molecule is CN1CCN([C@@H](CNC(=O)COc2ccc3ccccc3c2)c2ccc(N(C)C)cc2)CC1. The minimum absolute atomic E-state index is 0.00731. The Hall–Kier alpha value is -3.09. The third kappa shape index (κ3) is 6.03. The molecule has 0 radical (unpaired) electrons. The third-order valence-corrected chi connectivity index (χ3v) is 6.36. The number of benzene rings is 3. The van der Waals surface area contributed by atoms with Crippen LogP contribution in [0.2, 0.25) is 0 Å². The van der Waals surface area contributed by atoms with Gasteiger partial charge in [0.2, 0.25) is 0 Å². The first-order chi connectivity index (χ1) is 16.0. The molecule has 33 heavy (non-hydrogen) atoms. The standard InChI is InChI=1S/C27H34N4O2/c1-29(2)24-11-8-22(9-12-24)26(31-16-14-30(3)15-17-31)19-28-27(32)20-33-25-13-10-21-6-4-5-7-23(21)18-25/h4-13,18,26H,14-17,19-20H2,1-3H3,(H,28,32)/t26-/m0/s1. The Morgan fingerprint density at radius 3 is 2.36 bits per heavy atom. The topological polar surface area (TPSA) is 48.1 Å². The summed E-state index contributed by atoms with van der Waals surface area (Å²) in [6.07, 6.45) is 0. The highest BCUT2D eigenvalue weighted by Crippen LogP contribution is 2.24. The van der Waals surface area contributed by atoms with E-state index in [1.807, 2.05) is 50.5 Å².